The Morgan fingerprint density at radius 1 is 1.19 bits per heavy atom. The Morgan fingerprint density at radius 3 is 2.56 bits per heavy atom. The third-order valence-corrected chi connectivity index (χ3v) is 6.01. The van der Waals surface area contributed by atoms with Crippen LogP contribution in [0.5, 0.6) is 0 Å². The maximum absolute atomic E-state index is 13.4. The van der Waals surface area contributed by atoms with Gasteiger partial charge in [0.05, 0.1) is 0 Å². The molecule has 1 aliphatic heterocycles. The van der Waals surface area contributed by atoms with Crippen LogP contribution in [0.15, 0.2) is 41.5 Å². The molecule has 0 radical (unpaired) electrons. The Hall–Kier alpha value is -1.65. The van der Waals surface area contributed by atoms with Gasteiger partial charge in [0, 0.05) is 68.5 Å². The molecule has 9 heteroatoms. The monoisotopic (exact) mass is 574 g/mol. The number of anilines is 1. The first-order valence-electron chi connectivity index (χ1n) is 10.6. The van der Waals surface area contributed by atoms with E-state index in [1.165, 1.54) is 12.1 Å². The Morgan fingerprint density at radius 2 is 1.91 bits per heavy atom. The van der Waals surface area contributed by atoms with Crippen molar-refractivity contribution in [3.63, 3.8) is 0 Å². The fraction of sp³-hybridized carbons (Fsp3) is 0.478. The lowest BCUT2D eigenvalue weighted by Crippen LogP contribution is -2.46. The molecule has 0 bridgehead atoms. The summed E-state index contributed by atoms with van der Waals surface area (Å²) < 4.78 is 13.4. The molecule has 0 unspecified atom stereocenters. The normalized spacial score (nSPS) is 15.3. The molecular weight excluding hydrogens is 542 g/mol. The third-order valence-electron chi connectivity index (χ3n) is 5.70. The first-order chi connectivity index (χ1) is 14.8. The number of likely N-dealkylation sites (N-methyl/N-ethyl adjacent to an activating group) is 1. The van der Waals surface area contributed by atoms with Crippen molar-refractivity contribution < 1.29 is 4.39 Å². The molecule has 0 amide bonds. The fourth-order valence-corrected chi connectivity index (χ4v) is 4.13. The van der Waals surface area contributed by atoms with Gasteiger partial charge in [-0.05, 0) is 30.8 Å². The van der Waals surface area contributed by atoms with Gasteiger partial charge in [-0.2, -0.15) is 0 Å². The summed E-state index contributed by atoms with van der Waals surface area (Å²) in [6.45, 7) is 9.36. The minimum absolute atomic E-state index is 0. The van der Waals surface area contributed by atoms with Crippen molar-refractivity contribution >= 4 is 47.4 Å². The van der Waals surface area contributed by atoms with E-state index in [1.54, 1.807) is 13.1 Å². The standard InChI is InChI=1S/C23H32ClFN6.HI/c1-23(2,19-8-7-18(25)14-20(19)24)16-29-22(26-3)28-15-17-6-5-9-27-21(17)31-12-10-30(4)11-13-31;/h5-9,14H,10-13,15-16H2,1-4H3,(H2,26,28,29);1H. The summed E-state index contributed by atoms with van der Waals surface area (Å²) in [4.78, 5) is 13.7. The predicted octanol–water partition coefficient (Wildman–Crippen LogP) is 3.89. The van der Waals surface area contributed by atoms with E-state index >= 15 is 0 Å². The Balaban J connectivity index is 0.00000363. The average molecular weight is 575 g/mol. The lowest BCUT2D eigenvalue weighted by atomic mass is 9.84. The number of aromatic nitrogens is 1. The van der Waals surface area contributed by atoms with E-state index in [0.29, 0.717) is 24.1 Å². The summed E-state index contributed by atoms with van der Waals surface area (Å²) in [6, 6.07) is 8.61. The smallest absolute Gasteiger partial charge is 0.191 e. The van der Waals surface area contributed by atoms with Gasteiger partial charge >= 0.3 is 0 Å². The van der Waals surface area contributed by atoms with Gasteiger partial charge in [0.2, 0.25) is 0 Å². The molecule has 1 aliphatic rings. The van der Waals surface area contributed by atoms with Gasteiger partial charge in [-0.15, -0.1) is 24.0 Å². The molecule has 1 fully saturated rings. The average Bonchev–Trinajstić information content (AvgIpc) is 2.74. The van der Waals surface area contributed by atoms with Crippen LogP contribution in [0.3, 0.4) is 0 Å². The Labute approximate surface area is 212 Å². The maximum atomic E-state index is 13.4. The molecule has 1 saturated heterocycles. The van der Waals surface area contributed by atoms with Gasteiger partial charge in [-0.25, -0.2) is 9.37 Å². The quantitative estimate of drug-likeness (QED) is 0.312. The van der Waals surface area contributed by atoms with Gasteiger partial charge in [0.25, 0.3) is 0 Å². The van der Waals surface area contributed by atoms with E-state index < -0.39 is 0 Å². The summed E-state index contributed by atoms with van der Waals surface area (Å²) in [5.74, 6) is 1.39. The van der Waals surface area contributed by atoms with Gasteiger partial charge in [0.15, 0.2) is 5.96 Å². The molecule has 0 aliphatic carbocycles. The number of nitrogens with zero attached hydrogens (tertiary/aromatic N) is 4. The molecule has 2 aromatic rings. The Bertz CT molecular complexity index is 915. The molecule has 6 nitrogen and oxygen atoms in total. The highest BCUT2D eigenvalue weighted by molar-refractivity contribution is 14.0. The van der Waals surface area contributed by atoms with Crippen molar-refractivity contribution in [2.45, 2.75) is 25.8 Å². The van der Waals surface area contributed by atoms with E-state index in [0.717, 1.165) is 43.1 Å². The molecular formula is C23H33ClFIN6. The highest BCUT2D eigenvalue weighted by Gasteiger charge is 2.24. The van der Waals surface area contributed by atoms with Crippen molar-refractivity contribution in [3.05, 3.63) is 58.5 Å². The summed E-state index contributed by atoms with van der Waals surface area (Å²) in [6.07, 6.45) is 1.85. The molecule has 176 valence electrons. The number of rotatable bonds is 6. The topological polar surface area (TPSA) is 55.8 Å². The summed E-state index contributed by atoms with van der Waals surface area (Å²) in [5.41, 5.74) is 1.72. The van der Waals surface area contributed by atoms with Crippen LogP contribution in [-0.4, -0.2) is 62.7 Å². The van der Waals surface area contributed by atoms with Gasteiger partial charge in [-0.1, -0.05) is 37.6 Å². The van der Waals surface area contributed by atoms with Crippen molar-refractivity contribution in [1.29, 1.82) is 0 Å². The van der Waals surface area contributed by atoms with E-state index in [-0.39, 0.29) is 35.2 Å². The second-order valence-corrected chi connectivity index (χ2v) is 8.97. The maximum Gasteiger partial charge on any atom is 0.191 e. The molecule has 1 aromatic heterocycles. The van der Waals surface area contributed by atoms with Crippen molar-refractivity contribution in [1.82, 2.24) is 20.5 Å². The minimum Gasteiger partial charge on any atom is -0.356 e. The Kier molecular flexibility index (Phi) is 9.97. The number of aliphatic imine (C=N–C) groups is 1. The molecule has 0 spiro atoms. The van der Waals surface area contributed by atoms with Crippen LogP contribution >= 0.6 is 35.6 Å². The van der Waals surface area contributed by atoms with Crippen LogP contribution < -0.4 is 15.5 Å². The lowest BCUT2D eigenvalue weighted by Gasteiger charge is -2.34. The second-order valence-electron chi connectivity index (χ2n) is 8.56. The number of hydrogen-bond acceptors (Lipinski definition) is 4. The van der Waals surface area contributed by atoms with Crippen molar-refractivity contribution in [3.8, 4) is 0 Å². The zero-order valence-electron chi connectivity index (χ0n) is 19.2. The van der Waals surface area contributed by atoms with Crippen LogP contribution in [0, 0.1) is 5.82 Å². The van der Waals surface area contributed by atoms with E-state index in [9.17, 15) is 4.39 Å². The number of pyridine rings is 1. The van der Waals surface area contributed by atoms with Gasteiger partial charge in [-0.3, -0.25) is 4.99 Å². The number of nitrogens with one attached hydrogen (secondary N) is 2. The molecule has 0 saturated carbocycles. The van der Waals surface area contributed by atoms with E-state index in [4.69, 9.17) is 11.6 Å². The number of benzene rings is 1. The molecule has 0 atom stereocenters. The highest BCUT2D eigenvalue weighted by Crippen LogP contribution is 2.30. The molecule has 2 N–H and O–H groups in total. The number of halogens is 3. The largest absolute Gasteiger partial charge is 0.356 e. The van der Waals surface area contributed by atoms with E-state index in [1.807, 2.05) is 12.3 Å². The predicted molar refractivity (Wildman–Crippen MR) is 142 cm³/mol. The van der Waals surface area contributed by atoms with Crippen LogP contribution in [0.1, 0.15) is 25.0 Å². The first kappa shape index (κ1) is 26.6. The summed E-state index contributed by atoms with van der Waals surface area (Å²) >= 11 is 6.28. The van der Waals surface area contributed by atoms with Gasteiger partial charge < -0.3 is 20.4 Å². The zero-order valence-corrected chi connectivity index (χ0v) is 22.2. The molecule has 3 rings (SSSR count). The molecule has 2 heterocycles. The SMILES string of the molecule is CN=C(NCc1cccnc1N1CCN(C)CC1)NCC(C)(C)c1ccc(F)cc1Cl.I. The zero-order chi connectivity index (χ0) is 22.4. The summed E-state index contributed by atoms with van der Waals surface area (Å²) in [5, 5.41) is 7.19. The van der Waals surface area contributed by atoms with Crippen molar-refractivity contribution in [2.24, 2.45) is 4.99 Å². The first-order valence-corrected chi connectivity index (χ1v) is 11.0. The third kappa shape index (κ3) is 6.92. The molecule has 1 aromatic carbocycles. The van der Waals surface area contributed by atoms with Crippen LogP contribution in [-0.2, 0) is 12.0 Å². The van der Waals surface area contributed by atoms with Crippen LogP contribution in [0.4, 0.5) is 10.2 Å². The number of hydrogen-bond donors (Lipinski definition) is 2. The molecule has 32 heavy (non-hydrogen) atoms. The van der Waals surface area contributed by atoms with Crippen LogP contribution in [0.2, 0.25) is 5.02 Å². The second kappa shape index (κ2) is 12.0. The fourth-order valence-electron chi connectivity index (χ4n) is 3.71. The van der Waals surface area contributed by atoms with Crippen molar-refractivity contribution in [2.75, 3.05) is 51.7 Å². The highest BCUT2D eigenvalue weighted by atomic mass is 127. The number of guanidine groups is 1. The minimum atomic E-state index is -0.331. The van der Waals surface area contributed by atoms with Crippen LogP contribution in [0.25, 0.3) is 0 Å². The van der Waals surface area contributed by atoms with Gasteiger partial charge in [0.1, 0.15) is 11.6 Å². The lowest BCUT2D eigenvalue weighted by molar-refractivity contribution is 0.312. The number of piperazine rings is 1. The summed E-state index contributed by atoms with van der Waals surface area (Å²) in [7, 11) is 3.90. The van der Waals surface area contributed by atoms with E-state index in [2.05, 4.69) is 57.4 Å².